The lowest BCUT2D eigenvalue weighted by Crippen LogP contribution is -2.35. The van der Waals surface area contributed by atoms with E-state index in [1.807, 2.05) is 0 Å². The minimum absolute atomic E-state index is 0.0136. The molecule has 360 valence electrons. The van der Waals surface area contributed by atoms with Gasteiger partial charge >= 0.3 is 36.7 Å². The number of aromatic hydroxyl groups is 1. The topological polar surface area (TPSA) is 233 Å². The Morgan fingerprint density at radius 3 is 1.27 bits per heavy atom. The first-order chi connectivity index (χ1) is 30.1. The number of phenols is 1. The fourth-order valence-electron chi connectivity index (χ4n) is 5.58. The van der Waals surface area contributed by atoms with Crippen LogP contribution in [0.4, 0.5) is 24.0 Å². The van der Waals surface area contributed by atoms with Crippen LogP contribution in [0.5, 0.6) is 40.2 Å². The number of esters is 1. The molecule has 0 radical (unpaired) electrons. The lowest BCUT2D eigenvalue weighted by molar-refractivity contribution is -0.0185. The summed E-state index contributed by atoms with van der Waals surface area (Å²) in [6, 6.07) is 11.1. The highest BCUT2D eigenvalue weighted by atomic mass is 16.8. The molecule has 3 aromatic rings. The normalized spacial score (nSPS) is 15.1. The van der Waals surface area contributed by atoms with Gasteiger partial charge in [-0.15, -0.1) is 0 Å². The Balaban J connectivity index is 1.88. The Hall–Kier alpha value is -6.92. The second-order valence-corrected chi connectivity index (χ2v) is 19.8. The van der Waals surface area contributed by atoms with Crippen LogP contribution in [-0.4, -0.2) is 76.0 Å². The van der Waals surface area contributed by atoms with Gasteiger partial charge in [-0.3, -0.25) is 0 Å². The van der Waals surface area contributed by atoms with Crippen LogP contribution in [-0.2, 0) is 34.8 Å². The van der Waals surface area contributed by atoms with E-state index >= 15 is 0 Å². The van der Waals surface area contributed by atoms with Crippen molar-refractivity contribution in [2.24, 2.45) is 0 Å². The molecule has 1 heterocycles. The zero-order valence-electron chi connectivity index (χ0n) is 39.8. The fraction of sp³-hybridized carbons (Fsp3) is 0.489. The van der Waals surface area contributed by atoms with Crippen molar-refractivity contribution in [3.8, 4) is 40.2 Å². The summed E-state index contributed by atoms with van der Waals surface area (Å²) >= 11 is 0. The molecule has 2 atom stereocenters. The average Bonchev–Trinajstić information content (AvgIpc) is 3.10. The Labute approximate surface area is 382 Å². The second-order valence-electron chi connectivity index (χ2n) is 19.8. The minimum Gasteiger partial charge on any atom is -0.502 e. The lowest BCUT2D eigenvalue weighted by atomic mass is 9.94. The molecule has 0 fully saturated rings. The van der Waals surface area contributed by atoms with Gasteiger partial charge in [0.05, 0.1) is 5.56 Å². The van der Waals surface area contributed by atoms with Crippen LogP contribution in [0.1, 0.15) is 131 Å². The van der Waals surface area contributed by atoms with Gasteiger partial charge in [0.25, 0.3) is 0 Å². The van der Waals surface area contributed by atoms with Crippen LogP contribution in [0.15, 0.2) is 48.5 Å². The monoisotopic (exact) mass is 926 g/mol. The largest absolute Gasteiger partial charge is 0.514 e. The molecule has 0 amide bonds. The highest BCUT2D eigenvalue weighted by Gasteiger charge is 2.38. The van der Waals surface area contributed by atoms with Gasteiger partial charge in [0.1, 0.15) is 39.9 Å². The van der Waals surface area contributed by atoms with E-state index in [2.05, 4.69) is 0 Å². The first kappa shape index (κ1) is 51.7. The van der Waals surface area contributed by atoms with E-state index in [1.165, 1.54) is 12.1 Å². The highest BCUT2D eigenvalue weighted by Crippen LogP contribution is 2.45. The van der Waals surface area contributed by atoms with Gasteiger partial charge in [-0.05, 0) is 140 Å². The second kappa shape index (κ2) is 19.7. The van der Waals surface area contributed by atoms with Crippen LogP contribution in [0.3, 0.4) is 0 Å². The molecule has 3 aromatic carbocycles. The van der Waals surface area contributed by atoms with E-state index in [4.69, 9.17) is 56.8 Å². The van der Waals surface area contributed by atoms with E-state index in [1.54, 1.807) is 128 Å². The number of hydrogen-bond donors (Lipinski definition) is 1. The van der Waals surface area contributed by atoms with Gasteiger partial charge in [-0.1, -0.05) is 18.2 Å². The van der Waals surface area contributed by atoms with E-state index in [-0.39, 0.29) is 12.0 Å². The molecule has 0 spiro atoms. The van der Waals surface area contributed by atoms with Gasteiger partial charge < -0.3 is 61.9 Å². The third-order valence-electron chi connectivity index (χ3n) is 7.80. The van der Waals surface area contributed by atoms with E-state index in [0.717, 1.165) is 12.1 Å². The van der Waals surface area contributed by atoms with E-state index in [9.17, 15) is 33.9 Å². The number of phenolic OH excluding ortho intramolecular Hbond substituents is 1. The standard InChI is InChI=1S/C47H58O19/c1-43(2,3)62-38(50)57-29-21-26(22-30(34(29)48)58-39(51)63-44(4,5)6)35-31(20-25-18-16-17-19-28(25)55-35)56-37(49)27-23-32(59-40(52)64-45(7,8)9)36(61-42(54)66-47(13,14)15)33(24-27)60-41(53)65-46(10,11)12/h16-19,21-24,31,35,48H,20H2,1-15H3/t31-,35-/m1/s1. The molecule has 0 bridgehead atoms. The number of benzene rings is 3. The van der Waals surface area contributed by atoms with E-state index in [0.29, 0.717) is 11.3 Å². The third-order valence-corrected chi connectivity index (χ3v) is 7.80. The molecule has 0 unspecified atom stereocenters. The fourth-order valence-corrected chi connectivity index (χ4v) is 5.58. The SMILES string of the molecule is CC(C)(C)OC(=O)Oc1cc([C@H]2Oc3ccccc3C[C@H]2OC(=O)c2cc(OC(=O)OC(C)(C)C)c(OC(=O)OC(C)(C)C)c(OC(=O)OC(C)(C)C)c2)cc(OC(=O)OC(C)(C)C)c1O. The van der Waals surface area contributed by atoms with Gasteiger partial charge in [0.2, 0.25) is 11.5 Å². The van der Waals surface area contributed by atoms with Gasteiger partial charge in [-0.2, -0.15) is 0 Å². The van der Waals surface area contributed by atoms with Gasteiger partial charge in [0.15, 0.2) is 29.1 Å². The summed E-state index contributed by atoms with van der Waals surface area (Å²) in [6.45, 7) is 23.6. The quantitative estimate of drug-likeness (QED) is 0.126. The molecule has 1 aliphatic rings. The molecule has 19 nitrogen and oxygen atoms in total. The van der Waals surface area contributed by atoms with Crippen LogP contribution in [0, 0.1) is 0 Å². The summed E-state index contributed by atoms with van der Waals surface area (Å²) in [5, 5.41) is 11.2. The average molecular weight is 927 g/mol. The van der Waals surface area contributed by atoms with Crippen molar-refractivity contribution in [1.82, 2.24) is 0 Å². The number of carbonyl (C=O) groups is 6. The smallest absolute Gasteiger partial charge is 0.502 e. The van der Waals surface area contributed by atoms with Crippen molar-refractivity contribution >= 4 is 36.7 Å². The predicted molar refractivity (Wildman–Crippen MR) is 232 cm³/mol. The third kappa shape index (κ3) is 16.3. The van der Waals surface area contributed by atoms with Crippen molar-refractivity contribution in [3.05, 3.63) is 65.2 Å². The van der Waals surface area contributed by atoms with Crippen molar-refractivity contribution < 1.29 is 90.7 Å². The molecule has 1 N–H and O–H groups in total. The maximum absolute atomic E-state index is 14.4. The van der Waals surface area contributed by atoms with Crippen molar-refractivity contribution in [2.45, 2.75) is 150 Å². The van der Waals surface area contributed by atoms with Crippen molar-refractivity contribution in [3.63, 3.8) is 0 Å². The number of fused-ring (bicyclic) bond motifs is 1. The molecule has 66 heavy (non-hydrogen) atoms. The molecule has 0 saturated heterocycles. The Kier molecular flexibility index (Phi) is 15.4. The maximum atomic E-state index is 14.4. The molecule has 0 aromatic heterocycles. The van der Waals surface area contributed by atoms with Crippen molar-refractivity contribution in [2.75, 3.05) is 0 Å². The summed E-state index contributed by atoms with van der Waals surface area (Å²) in [4.78, 5) is 79.5. The molecule has 0 saturated carbocycles. The zero-order valence-corrected chi connectivity index (χ0v) is 39.8. The molecular weight excluding hydrogens is 868 g/mol. The number of para-hydroxylation sites is 1. The number of carbonyl (C=O) groups excluding carboxylic acids is 6. The number of ether oxygens (including phenoxy) is 12. The summed E-state index contributed by atoms with van der Waals surface area (Å²) in [5.74, 6) is -4.57. The van der Waals surface area contributed by atoms with Crippen LogP contribution < -0.4 is 28.4 Å². The first-order valence-corrected chi connectivity index (χ1v) is 20.7. The molecule has 1 aliphatic heterocycles. The van der Waals surface area contributed by atoms with Crippen molar-refractivity contribution in [1.29, 1.82) is 0 Å². The molecule has 0 aliphatic carbocycles. The number of rotatable bonds is 8. The van der Waals surface area contributed by atoms with Crippen LogP contribution >= 0.6 is 0 Å². The Morgan fingerprint density at radius 2 is 0.879 bits per heavy atom. The van der Waals surface area contributed by atoms with E-state index < -0.39 is 117 Å². The summed E-state index contributed by atoms with van der Waals surface area (Å²) in [6.07, 6.45) is -8.93. The molecular formula is C47H58O19. The number of hydrogen-bond acceptors (Lipinski definition) is 19. The predicted octanol–water partition coefficient (Wildman–Crippen LogP) is 10.9. The molecule has 19 heteroatoms. The van der Waals surface area contributed by atoms with Gasteiger partial charge in [0, 0.05) is 12.0 Å². The summed E-state index contributed by atoms with van der Waals surface area (Å²) < 4.78 is 66.2. The lowest BCUT2D eigenvalue weighted by Gasteiger charge is -2.34. The van der Waals surface area contributed by atoms with Gasteiger partial charge in [-0.25, -0.2) is 28.8 Å². The summed E-state index contributed by atoms with van der Waals surface area (Å²) in [7, 11) is 0. The van der Waals surface area contributed by atoms with Crippen LogP contribution in [0.2, 0.25) is 0 Å². The van der Waals surface area contributed by atoms with Crippen LogP contribution in [0.25, 0.3) is 0 Å². The maximum Gasteiger partial charge on any atom is 0.514 e. The summed E-state index contributed by atoms with van der Waals surface area (Å²) in [5.41, 5.74) is -5.02. The highest BCUT2D eigenvalue weighted by molar-refractivity contribution is 5.92. The Bertz CT molecular complexity index is 2210. The molecule has 4 rings (SSSR count). The minimum atomic E-state index is -1.30. The Morgan fingerprint density at radius 1 is 0.515 bits per heavy atom. The first-order valence-electron chi connectivity index (χ1n) is 20.7. The zero-order chi connectivity index (χ0) is 49.7.